The molecule has 1 N–H and O–H groups in total. The molecule has 0 radical (unpaired) electrons. The molecule has 30 heavy (non-hydrogen) atoms. The van der Waals surface area contributed by atoms with E-state index in [1.165, 1.54) is 25.1 Å². The number of Topliss-reactive ketones (excluding diaryl/α,β-unsaturated/α-hetero) is 1. The van der Waals surface area contributed by atoms with Crippen molar-refractivity contribution in [1.82, 2.24) is 5.32 Å². The van der Waals surface area contributed by atoms with Crippen LogP contribution < -0.4 is 5.32 Å². The first-order valence-corrected chi connectivity index (χ1v) is 10.2. The highest BCUT2D eigenvalue weighted by Crippen LogP contribution is 2.39. The molecule has 0 bridgehead atoms. The summed E-state index contributed by atoms with van der Waals surface area (Å²) in [6.07, 6.45) is 3.04. The molecular weight excluding hydrogens is 384 g/mol. The maximum Gasteiger partial charge on any atom is 0.252 e. The smallest absolute Gasteiger partial charge is 0.252 e. The molecule has 1 saturated carbocycles. The summed E-state index contributed by atoms with van der Waals surface area (Å²) in [7, 11) is 0. The number of carbonyl (C=O) groups excluding carboxylic acids is 2. The highest BCUT2D eigenvalue weighted by molar-refractivity contribution is 6.22. The fourth-order valence-corrected chi connectivity index (χ4v) is 4.03. The van der Waals surface area contributed by atoms with Crippen molar-refractivity contribution in [2.24, 2.45) is 5.92 Å². The van der Waals surface area contributed by atoms with Crippen molar-refractivity contribution in [3.63, 3.8) is 0 Å². The number of halogens is 2. The van der Waals surface area contributed by atoms with E-state index < -0.39 is 11.6 Å². The van der Waals surface area contributed by atoms with E-state index in [9.17, 15) is 18.4 Å². The monoisotopic (exact) mass is 411 g/mol. The molecule has 0 aromatic heterocycles. The SMILES string of the molecule is CC(=O)c1c(F)cccc1C(C(=O)N[C@H](c1ccc(F)c(C)c1)C1CCC1)=C(C)C. The summed E-state index contributed by atoms with van der Waals surface area (Å²) >= 11 is 0. The first-order chi connectivity index (χ1) is 14.2. The van der Waals surface area contributed by atoms with Crippen molar-refractivity contribution in [2.75, 3.05) is 0 Å². The van der Waals surface area contributed by atoms with E-state index in [4.69, 9.17) is 0 Å². The normalized spacial score (nSPS) is 14.6. The largest absolute Gasteiger partial charge is 0.345 e. The van der Waals surface area contributed by atoms with Gasteiger partial charge in [-0.15, -0.1) is 0 Å². The molecule has 1 fully saturated rings. The first kappa shape index (κ1) is 21.9. The molecule has 0 heterocycles. The van der Waals surface area contributed by atoms with E-state index in [-0.39, 0.29) is 29.2 Å². The lowest BCUT2D eigenvalue weighted by Crippen LogP contribution is -2.37. The zero-order valence-corrected chi connectivity index (χ0v) is 17.8. The minimum absolute atomic E-state index is 0.0818. The number of hydrogen-bond acceptors (Lipinski definition) is 2. The van der Waals surface area contributed by atoms with Gasteiger partial charge in [0.1, 0.15) is 11.6 Å². The number of hydrogen-bond donors (Lipinski definition) is 1. The molecule has 0 unspecified atom stereocenters. The molecule has 0 spiro atoms. The van der Waals surface area contributed by atoms with Crippen molar-refractivity contribution >= 4 is 17.3 Å². The van der Waals surface area contributed by atoms with Crippen LogP contribution in [0.4, 0.5) is 8.78 Å². The van der Waals surface area contributed by atoms with Crippen LogP contribution in [-0.4, -0.2) is 11.7 Å². The lowest BCUT2D eigenvalue weighted by molar-refractivity contribution is -0.117. The molecule has 3 rings (SSSR count). The molecule has 1 aliphatic carbocycles. The van der Waals surface area contributed by atoms with Crippen molar-refractivity contribution in [3.8, 4) is 0 Å². The number of benzene rings is 2. The van der Waals surface area contributed by atoms with Gasteiger partial charge in [-0.3, -0.25) is 9.59 Å². The van der Waals surface area contributed by atoms with Crippen LogP contribution in [0.25, 0.3) is 5.57 Å². The second-order valence-electron chi connectivity index (χ2n) is 8.24. The molecule has 2 aromatic carbocycles. The second kappa shape index (κ2) is 8.90. The topological polar surface area (TPSA) is 46.2 Å². The van der Waals surface area contributed by atoms with Gasteiger partial charge in [0.15, 0.2) is 5.78 Å². The predicted octanol–water partition coefficient (Wildman–Crippen LogP) is 5.93. The quantitative estimate of drug-likeness (QED) is 0.473. The van der Waals surface area contributed by atoms with E-state index in [1.54, 1.807) is 39.0 Å². The van der Waals surface area contributed by atoms with E-state index in [0.29, 0.717) is 22.3 Å². The van der Waals surface area contributed by atoms with E-state index in [0.717, 1.165) is 24.8 Å². The van der Waals surface area contributed by atoms with Gasteiger partial charge < -0.3 is 5.32 Å². The van der Waals surface area contributed by atoms with Crippen LogP contribution in [0.5, 0.6) is 0 Å². The Morgan fingerprint density at radius 3 is 2.27 bits per heavy atom. The lowest BCUT2D eigenvalue weighted by Gasteiger charge is -2.35. The molecule has 1 aliphatic rings. The van der Waals surface area contributed by atoms with Crippen LogP contribution in [-0.2, 0) is 4.79 Å². The second-order valence-corrected chi connectivity index (χ2v) is 8.24. The zero-order valence-electron chi connectivity index (χ0n) is 17.8. The number of nitrogens with one attached hydrogen (secondary N) is 1. The van der Waals surface area contributed by atoms with Crippen molar-refractivity contribution in [2.45, 2.75) is 53.0 Å². The van der Waals surface area contributed by atoms with Gasteiger partial charge in [0.25, 0.3) is 5.91 Å². The van der Waals surface area contributed by atoms with Crippen molar-refractivity contribution < 1.29 is 18.4 Å². The number of rotatable bonds is 6. The molecular formula is C25H27F2NO2. The minimum Gasteiger partial charge on any atom is -0.345 e. The minimum atomic E-state index is -0.642. The van der Waals surface area contributed by atoms with Gasteiger partial charge in [0.05, 0.1) is 11.6 Å². The summed E-state index contributed by atoms with van der Waals surface area (Å²) in [6, 6.07) is 8.95. The molecule has 0 aliphatic heterocycles. The van der Waals surface area contributed by atoms with E-state index in [1.807, 2.05) is 0 Å². The van der Waals surface area contributed by atoms with Gasteiger partial charge >= 0.3 is 0 Å². The third-order valence-electron chi connectivity index (χ3n) is 5.81. The Kier molecular flexibility index (Phi) is 6.49. The Morgan fingerprint density at radius 2 is 1.73 bits per heavy atom. The maximum atomic E-state index is 14.4. The van der Waals surface area contributed by atoms with Crippen LogP contribution in [0.2, 0.25) is 0 Å². The molecule has 3 nitrogen and oxygen atoms in total. The van der Waals surface area contributed by atoms with E-state index >= 15 is 0 Å². The van der Waals surface area contributed by atoms with Crippen LogP contribution >= 0.6 is 0 Å². The Hall–Kier alpha value is -2.82. The number of ketones is 1. The number of aryl methyl sites for hydroxylation is 1. The fourth-order valence-electron chi connectivity index (χ4n) is 4.03. The third-order valence-corrected chi connectivity index (χ3v) is 5.81. The molecule has 2 aromatic rings. The highest BCUT2D eigenvalue weighted by atomic mass is 19.1. The first-order valence-electron chi connectivity index (χ1n) is 10.2. The summed E-state index contributed by atoms with van der Waals surface area (Å²) < 4.78 is 28.2. The van der Waals surface area contributed by atoms with Gasteiger partial charge in [-0.25, -0.2) is 8.78 Å². The Morgan fingerprint density at radius 1 is 1.03 bits per heavy atom. The number of carbonyl (C=O) groups is 2. The molecule has 5 heteroatoms. The van der Waals surface area contributed by atoms with Gasteiger partial charge in [0, 0.05) is 11.1 Å². The maximum absolute atomic E-state index is 14.4. The Bertz CT molecular complexity index is 1020. The van der Waals surface area contributed by atoms with Crippen molar-refractivity contribution in [1.29, 1.82) is 0 Å². The summed E-state index contributed by atoms with van der Waals surface area (Å²) in [5, 5.41) is 3.09. The predicted molar refractivity (Wildman–Crippen MR) is 114 cm³/mol. The summed E-state index contributed by atoms with van der Waals surface area (Å²) in [6.45, 7) is 6.53. The van der Waals surface area contributed by atoms with Crippen molar-refractivity contribution in [3.05, 3.63) is 75.9 Å². The summed E-state index contributed by atoms with van der Waals surface area (Å²) in [5.74, 6) is -1.46. The highest BCUT2D eigenvalue weighted by Gasteiger charge is 2.32. The average molecular weight is 411 g/mol. The van der Waals surface area contributed by atoms with Crippen LogP contribution in [0, 0.1) is 24.5 Å². The number of allylic oxidation sites excluding steroid dienone is 1. The molecule has 1 amide bonds. The summed E-state index contributed by atoms with van der Waals surface area (Å²) in [4.78, 5) is 25.5. The van der Waals surface area contributed by atoms with Crippen LogP contribution in [0.15, 0.2) is 42.0 Å². The standard InChI is InChI=1S/C25H27F2NO2/c1-14(2)22(19-9-6-10-21(27)23(19)16(4)29)25(30)28-24(17-7-5-8-17)18-11-12-20(26)15(3)13-18/h6,9-13,17,24H,5,7-8H2,1-4H3,(H,28,30)/t24-/m0/s1. The van der Waals surface area contributed by atoms with Gasteiger partial charge in [-0.05, 0) is 69.7 Å². The van der Waals surface area contributed by atoms with Gasteiger partial charge in [-0.1, -0.05) is 36.3 Å². The zero-order chi connectivity index (χ0) is 22.0. The van der Waals surface area contributed by atoms with Crippen LogP contribution in [0.1, 0.15) is 73.1 Å². The van der Waals surface area contributed by atoms with Gasteiger partial charge in [0.2, 0.25) is 0 Å². The molecule has 0 saturated heterocycles. The average Bonchev–Trinajstić information content (AvgIpc) is 2.61. The van der Waals surface area contributed by atoms with Crippen LogP contribution in [0.3, 0.4) is 0 Å². The molecule has 1 atom stereocenters. The Labute approximate surface area is 176 Å². The Balaban J connectivity index is 2.00. The lowest BCUT2D eigenvalue weighted by atomic mass is 9.76. The fraction of sp³-hybridized carbons (Fsp3) is 0.360. The molecule has 158 valence electrons. The summed E-state index contributed by atoms with van der Waals surface area (Å²) in [5.41, 5.74) is 2.57. The number of amides is 1. The third kappa shape index (κ3) is 4.35. The van der Waals surface area contributed by atoms with Gasteiger partial charge in [-0.2, -0.15) is 0 Å². The van der Waals surface area contributed by atoms with E-state index in [2.05, 4.69) is 5.32 Å².